The Kier molecular flexibility index (Phi) is 4.45. The number of ketones is 1. The van der Waals surface area contributed by atoms with Gasteiger partial charge in [-0.3, -0.25) is 19.3 Å². The Morgan fingerprint density at radius 2 is 1.79 bits per heavy atom. The van der Waals surface area contributed by atoms with Crippen LogP contribution in [-0.2, 0) is 9.59 Å². The predicted molar refractivity (Wildman–Crippen MR) is 128 cm³/mol. The first-order valence-corrected chi connectivity index (χ1v) is 10.9. The molecule has 34 heavy (non-hydrogen) atoms. The molecule has 5 aromatic rings. The smallest absolute Gasteiger partial charge is 0.295 e. The number of anilines is 1. The number of aromatic amines is 1. The summed E-state index contributed by atoms with van der Waals surface area (Å²) in [5, 5.41) is 0.417. The molecule has 3 aromatic carbocycles. The third kappa shape index (κ3) is 2.97. The van der Waals surface area contributed by atoms with Gasteiger partial charge in [0, 0.05) is 5.69 Å². The van der Waals surface area contributed by atoms with Crippen LogP contribution in [0.5, 0.6) is 0 Å². The number of carbonyl (C=O) groups excluding carboxylic acids is 2. The fourth-order valence-electron chi connectivity index (χ4n) is 4.80. The van der Waals surface area contributed by atoms with Crippen molar-refractivity contribution in [1.82, 2.24) is 9.97 Å². The van der Waals surface area contributed by atoms with Gasteiger partial charge in [0.2, 0.25) is 5.78 Å². The summed E-state index contributed by atoms with van der Waals surface area (Å²) in [5.74, 6) is -2.08. The molecule has 0 radical (unpaired) electrons. The van der Waals surface area contributed by atoms with Gasteiger partial charge in [-0.05, 0) is 42.8 Å². The van der Waals surface area contributed by atoms with E-state index in [0.717, 1.165) is 16.6 Å². The monoisotopic (exact) mass is 449 g/mol. The topological polar surface area (TPSA) is 96.3 Å². The molecule has 1 aliphatic heterocycles. The van der Waals surface area contributed by atoms with E-state index >= 15 is 0 Å². The highest BCUT2D eigenvalue weighted by atomic mass is 16.3. The molecule has 2 atom stereocenters. The van der Waals surface area contributed by atoms with Gasteiger partial charge in [0.05, 0.1) is 40.3 Å². The molecule has 1 N–H and O–H groups in total. The lowest BCUT2D eigenvalue weighted by Gasteiger charge is -2.27. The number of carbonyl (C=O) groups is 2. The van der Waals surface area contributed by atoms with Crippen LogP contribution in [0, 0.1) is 6.92 Å². The molecular weight excluding hydrogens is 430 g/mol. The van der Waals surface area contributed by atoms with E-state index in [1.807, 2.05) is 31.2 Å². The number of aromatic nitrogens is 2. The number of nitrogens with one attached hydrogen (secondary N) is 1. The molecule has 166 valence electrons. The minimum atomic E-state index is -0.857. The van der Waals surface area contributed by atoms with Gasteiger partial charge in [0.25, 0.3) is 5.91 Å². The van der Waals surface area contributed by atoms with Gasteiger partial charge in [-0.2, -0.15) is 0 Å². The second kappa shape index (κ2) is 7.52. The largest absolute Gasteiger partial charge is 0.464 e. The molecule has 1 saturated heterocycles. The first kappa shape index (κ1) is 20.1. The fraction of sp³-hybridized carbons (Fsp3) is 0.111. The van der Waals surface area contributed by atoms with Gasteiger partial charge in [-0.1, -0.05) is 42.0 Å². The SMILES string of the molecule is Cc1ccc2occ(C3C(c4ccccc4)C(=O)C(=O)N3c3ccc4nc[nH]c4c3)c(=O)c2c1. The van der Waals surface area contributed by atoms with Crippen molar-refractivity contribution < 1.29 is 14.0 Å². The zero-order valence-electron chi connectivity index (χ0n) is 18.2. The van der Waals surface area contributed by atoms with Crippen LogP contribution < -0.4 is 10.3 Å². The summed E-state index contributed by atoms with van der Waals surface area (Å²) in [7, 11) is 0. The number of nitrogens with zero attached hydrogens (tertiary/aromatic N) is 2. The van der Waals surface area contributed by atoms with E-state index < -0.39 is 23.7 Å². The summed E-state index contributed by atoms with van der Waals surface area (Å²) in [6.45, 7) is 1.90. The van der Waals surface area contributed by atoms with Crippen molar-refractivity contribution >= 4 is 39.4 Å². The molecule has 0 spiro atoms. The third-order valence-electron chi connectivity index (χ3n) is 6.42. The second-order valence-electron chi connectivity index (χ2n) is 8.50. The van der Waals surface area contributed by atoms with E-state index in [2.05, 4.69) is 9.97 Å². The second-order valence-corrected chi connectivity index (χ2v) is 8.50. The zero-order chi connectivity index (χ0) is 23.4. The molecule has 1 fully saturated rings. The summed E-state index contributed by atoms with van der Waals surface area (Å²) in [6.07, 6.45) is 2.95. The molecule has 0 bridgehead atoms. The number of hydrogen-bond acceptors (Lipinski definition) is 5. The van der Waals surface area contributed by atoms with E-state index in [1.54, 1.807) is 48.8 Å². The Labute approximate surface area is 193 Å². The number of fused-ring (bicyclic) bond motifs is 2. The van der Waals surface area contributed by atoms with Gasteiger partial charge in [0.15, 0.2) is 5.43 Å². The fourth-order valence-corrected chi connectivity index (χ4v) is 4.80. The minimum absolute atomic E-state index is 0.258. The van der Waals surface area contributed by atoms with E-state index in [4.69, 9.17) is 4.42 Å². The quantitative estimate of drug-likeness (QED) is 0.412. The number of H-pyrrole nitrogens is 1. The molecule has 0 saturated carbocycles. The molecule has 1 amide bonds. The maximum atomic E-state index is 13.7. The van der Waals surface area contributed by atoms with Crippen molar-refractivity contribution in [3.8, 4) is 0 Å². The Morgan fingerprint density at radius 3 is 2.62 bits per heavy atom. The lowest BCUT2D eigenvalue weighted by atomic mass is 9.87. The summed E-state index contributed by atoms with van der Waals surface area (Å²) in [4.78, 5) is 49.1. The molecule has 2 unspecified atom stereocenters. The van der Waals surface area contributed by atoms with Crippen molar-refractivity contribution in [2.45, 2.75) is 18.9 Å². The van der Waals surface area contributed by atoms with Crippen LogP contribution in [0.2, 0.25) is 0 Å². The number of benzene rings is 3. The van der Waals surface area contributed by atoms with Crippen LogP contribution in [0.3, 0.4) is 0 Å². The van der Waals surface area contributed by atoms with Crippen LogP contribution in [0.4, 0.5) is 5.69 Å². The number of hydrogen-bond donors (Lipinski definition) is 1. The van der Waals surface area contributed by atoms with E-state index in [1.165, 1.54) is 11.2 Å². The first-order valence-electron chi connectivity index (χ1n) is 10.9. The summed E-state index contributed by atoms with van der Waals surface area (Å²) in [6, 6.07) is 18.9. The number of imidazole rings is 1. The average Bonchev–Trinajstić information content (AvgIpc) is 3.42. The Balaban J connectivity index is 1.61. The standard InChI is InChI=1S/C27H19N3O4/c1-15-7-10-22-18(11-15)25(31)19(13-34-22)24-23(16-5-3-2-4-6-16)26(32)27(33)30(24)17-8-9-20-21(12-17)29-14-28-20/h2-14,23-24H,1H3,(H,28,29). The molecular formula is C27H19N3O4. The van der Waals surface area contributed by atoms with Gasteiger partial charge in [-0.15, -0.1) is 0 Å². The molecule has 2 aromatic heterocycles. The molecule has 6 rings (SSSR count). The summed E-state index contributed by atoms with van der Waals surface area (Å²) < 4.78 is 5.82. The third-order valence-corrected chi connectivity index (χ3v) is 6.42. The molecule has 7 heteroatoms. The maximum Gasteiger partial charge on any atom is 0.295 e. The number of rotatable bonds is 3. The number of Topliss-reactive ketones (excluding diaryl/α,β-unsaturated/α-hetero) is 1. The number of amides is 1. The van der Waals surface area contributed by atoms with Crippen molar-refractivity contribution in [2.75, 3.05) is 4.90 Å². The lowest BCUT2D eigenvalue weighted by Crippen LogP contribution is -2.32. The molecule has 0 aliphatic carbocycles. The van der Waals surface area contributed by atoms with Crippen LogP contribution in [0.1, 0.15) is 28.7 Å². The van der Waals surface area contributed by atoms with Crippen molar-refractivity contribution in [3.05, 3.63) is 106 Å². The van der Waals surface area contributed by atoms with Gasteiger partial charge >= 0.3 is 0 Å². The maximum absolute atomic E-state index is 13.7. The molecule has 3 heterocycles. The number of aryl methyl sites for hydroxylation is 1. The Morgan fingerprint density at radius 1 is 0.971 bits per heavy atom. The first-order chi connectivity index (χ1) is 16.5. The molecule has 7 nitrogen and oxygen atoms in total. The average molecular weight is 449 g/mol. The van der Waals surface area contributed by atoms with Crippen molar-refractivity contribution in [3.63, 3.8) is 0 Å². The van der Waals surface area contributed by atoms with Crippen LogP contribution in [-0.4, -0.2) is 21.7 Å². The predicted octanol–water partition coefficient (Wildman–Crippen LogP) is 4.42. The zero-order valence-corrected chi connectivity index (χ0v) is 18.2. The van der Waals surface area contributed by atoms with E-state index in [-0.39, 0.29) is 11.0 Å². The summed E-state index contributed by atoms with van der Waals surface area (Å²) >= 11 is 0. The lowest BCUT2D eigenvalue weighted by molar-refractivity contribution is -0.134. The molecule has 1 aliphatic rings. The highest BCUT2D eigenvalue weighted by Crippen LogP contribution is 2.44. The minimum Gasteiger partial charge on any atom is -0.464 e. The Hall–Kier alpha value is -4.52. The van der Waals surface area contributed by atoms with Crippen molar-refractivity contribution in [2.24, 2.45) is 0 Å². The van der Waals surface area contributed by atoms with Gasteiger partial charge in [-0.25, -0.2) is 4.98 Å². The van der Waals surface area contributed by atoms with E-state index in [9.17, 15) is 14.4 Å². The van der Waals surface area contributed by atoms with E-state index in [0.29, 0.717) is 22.2 Å². The van der Waals surface area contributed by atoms with Crippen LogP contribution in [0.25, 0.3) is 22.0 Å². The van der Waals surface area contributed by atoms with Crippen LogP contribution >= 0.6 is 0 Å². The van der Waals surface area contributed by atoms with Gasteiger partial charge in [0.1, 0.15) is 11.8 Å². The van der Waals surface area contributed by atoms with Gasteiger partial charge < -0.3 is 9.40 Å². The Bertz CT molecular complexity index is 1650. The van der Waals surface area contributed by atoms with Crippen molar-refractivity contribution in [1.29, 1.82) is 0 Å². The van der Waals surface area contributed by atoms with Crippen LogP contribution in [0.15, 0.2) is 88.5 Å². The highest BCUT2D eigenvalue weighted by molar-refractivity contribution is 6.46. The highest BCUT2D eigenvalue weighted by Gasteiger charge is 2.50. The normalized spacial score (nSPS) is 18.3. The summed E-state index contributed by atoms with van der Waals surface area (Å²) in [5.41, 5.74) is 4.00.